The largest absolute Gasteiger partial charge is 0.396 e. The second-order valence-corrected chi connectivity index (χ2v) is 6.40. The van der Waals surface area contributed by atoms with Crippen LogP contribution in [-0.4, -0.2) is 29.8 Å². The van der Waals surface area contributed by atoms with Crippen LogP contribution < -0.4 is 10.6 Å². The number of anilines is 2. The molecule has 0 saturated heterocycles. The van der Waals surface area contributed by atoms with Gasteiger partial charge in [-0.15, -0.1) is 0 Å². The van der Waals surface area contributed by atoms with Crippen LogP contribution in [0.25, 0.3) is 0 Å². The fourth-order valence-electron chi connectivity index (χ4n) is 2.81. The van der Waals surface area contributed by atoms with Gasteiger partial charge in [0.2, 0.25) is 0 Å². The van der Waals surface area contributed by atoms with Gasteiger partial charge in [-0.3, -0.25) is 0 Å². The molecule has 2 atom stereocenters. The first kappa shape index (κ1) is 16.7. The molecule has 1 aromatic rings. The first-order chi connectivity index (χ1) is 10.2. The Morgan fingerprint density at radius 3 is 2.52 bits per heavy atom. The van der Waals surface area contributed by atoms with E-state index in [1.54, 1.807) is 6.07 Å². The number of halogens is 2. The number of aliphatic hydroxyl groups is 1. The smallest absolute Gasteiger partial charge is 0.147 e. The highest BCUT2D eigenvalue weighted by Crippen LogP contribution is 2.33. The lowest BCUT2D eigenvalue weighted by Gasteiger charge is -2.19. The molecule has 2 rings (SSSR count). The Kier molecular flexibility index (Phi) is 6.40. The SMILES string of the molecule is CCCNc1nc(NCC2CCCC2CO)c(Cl)cc1Cl. The predicted molar refractivity (Wildman–Crippen MR) is 89.4 cm³/mol. The number of hydrogen-bond acceptors (Lipinski definition) is 4. The van der Waals surface area contributed by atoms with E-state index in [9.17, 15) is 5.11 Å². The normalized spacial score (nSPS) is 21.5. The summed E-state index contributed by atoms with van der Waals surface area (Å²) in [4.78, 5) is 4.47. The van der Waals surface area contributed by atoms with E-state index in [1.165, 1.54) is 6.42 Å². The number of aliphatic hydroxyl groups excluding tert-OH is 1. The molecule has 0 radical (unpaired) electrons. The van der Waals surface area contributed by atoms with Crippen molar-refractivity contribution in [3.63, 3.8) is 0 Å². The van der Waals surface area contributed by atoms with Crippen LogP contribution >= 0.6 is 23.2 Å². The maximum absolute atomic E-state index is 9.37. The fraction of sp³-hybridized carbons (Fsp3) is 0.667. The van der Waals surface area contributed by atoms with Crippen LogP contribution in [0.3, 0.4) is 0 Å². The van der Waals surface area contributed by atoms with E-state index in [-0.39, 0.29) is 6.61 Å². The van der Waals surface area contributed by atoms with Crippen molar-refractivity contribution in [2.24, 2.45) is 11.8 Å². The monoisotopic (exact) mass is 331 g/mol. The molecule has 1 aliphatic rings. The maximum atomic E-state index is 9.37. The van der Waals surface area contributed by atoms with Gasteiger partial charge in [-0.05, 0) is 37.2 Å². The van der Waals surface area contributed by atoms with E-state index in [4.69, 9.17) is 23.2 Å². The molecule has 0 aromatic carbocycles. The topological polar surface area (TPSA) is 57.2 Å². The summed E-state index contributed by atoms with van der Waals surface area (Å²) < 4.78 is 0. The lowest BCUT2D eigenvalue weighted by Crippen LogP contribution is -2.21. The highest BCUT2D eigenvalue weighted by atomic mass is 35.5. The van der Waals surface area contributed by atoms with Crippen LogP contribution in [0, 0.1) is 11.8 Å². The number of rotatable bonds is 7. The summed E-state index contributed by atoms with van der Waals surface area (Å²) >= 11 is 12.3. The third-order valence-electron chi connectivity index (χ3n) is 4.05. The molecule has 118 valence electrons. The van der Waals surface area contributed by atoms with E-state index in [1.807, 2.05) is 0 Å². The molecular formula is C15H23Cl2N3O. The highest BCUT2D eigenvalue weighted by molar-refractivity contribution is 6.37. The van der Waals surface area contributed by atoms with Crippen molar-refractivity contribution in [2.45, 2.75) is 32.6 Å². The molecule has 4 nitrogen and oxygen atoms in total. The Bertz CT molecular complexity index is 470. The number of hydrogen-bond donors (Lipinski definition) is 3. The average Bonchev–Trinajstić information content (AvgIpc) is 2.93. The minimum absolute atomic E-state index is 0.261. The summed E-state index contributed by atoms with van der Waals surface area (Å²) in [5, 5.41) is 16.9. The van der Waals surface area contributed by atoms with Gasteiger partial charge in [0.15, 0.2) is 0 Å². The molecule has 6 heteroatoms. The molecule has 1 heterocycles. The molecule has 1 aromatic heterocycles. The summed E-state index contributed by atoms with van der Waals surface area (Å²) in [6, 6.07) is 1.72. The summed E-state index contributed by atoms with van der Waals surface area (Å²) in [6.45, 7) is 3.96. The standard InChI is InChI=1S/C15H23Cl2N3O/c1-2-6-18-14-12(16)7-13(17)15(20-14)19-8-10-4-3-5-11(10)9-21/h7,10-11,21H,2-6,8-9H2,1H3,(H2,18,19,20). The molecule has 21 heavy (non-hydrogen) atoms. The Hall–Kier alpha value is -0.710. The first-order valence-electron chi connectivity index (χ1n) is 7.60. The molecule has 1 aliphatic carbocycles. The molecule has 2 unspecified atom stereocenters. The van der Waals surface area contributed by atoms with Gasteiger partial charge >= 0.3 is 0 Å². The lowest BCUT2D eigenvalue weighted by molar-refractivity contribution is 0.199. The molecule has 3 N–H and O–H groups in total. The molecule has 0 amide bonds. The van der Waals surface area contributed by atoms with Crippen LogP contribution in [-0.2, 0) is 0 Å². The van der Waals surface area contributed by atoms with Crippen molar-refractivity contribution in [1.82, 2.24) is 4.98 Å². The zero-order valence-electron chi connectivity index (χ0n) is 12.3. The minimum atomic E-state index is 0.261. The summed E-state index contributed by atoms with van der Waals surface area (Å²) in [5.74, 6) is 2.19. The van der Waals surface area contributed by atoms with E-state index in [0.29, 0.717) is 33.5 Å². The number of nitrogens with one attached hydrogen (secondary N) is 2. The molecule has 0 bridgehead atoms. The lowest BCUT2D eigenvalue weighted by atomic mass is 9.97. The summed E-state index contributed by atoms with van der Waals surface area (Å²) in [6.07, 6.45) is 4.44. The molecule has 1 fully saturated rings. The maximum Gasteiger partial charge on any atom is 0.147 e. The summed E-state index contributed by atoms with van der Waals surface area (Å²) in [7, 11) is 0. The molecule has 1 saturated carbocycles. The van der Waals surface area contributed by atoms with Gasteiger partial charge in [0.1, 0.15) is 11.6 Å². The Labute approximate surface area is 136 Å². The first-order valence-corrected chi connectivity index (χ1v) is 8.36. The van der Waals surface area contributed by atoms with E-state index in [0.717, 1.165) is 32.4 Å². The third kappa shape index (κ3) is 4.38. The number of pyridine rings is 1. The third-order valence-corrected chi connectivity index (χ3v) is 4.63. The van der Waals surface area contributed by atoms with E-state index < -0.39 is 0 Å². The number of nitrogens with zero attached hydrogens (tertiary/aromatic N) is 1. The van der Waals surface area contributed by atoms with Crippen molar-refractivity contribution in [3.05, 3.63) is 16.1 Å². The van der Waals surface area contributed by atoms with Gasteiger partial charge in [-0.25, -0.2) is 4.98 Å². The van der Waals surface area contributed by atoms with Crippen molar-refractivity contribution in [2.75, 3.05) is 30.3 Å². The van der Waals surface area contributed by atoms with Crippen LogP contribution in [0.15, 0.2) is 6.07 Å². The Morgan fingerprint density at radius 2 is 1.86 bits per heavy atom. The second-order valence-electron chi connectivity index (χ2n) is 5.59. The zero-order chi connectivity index (χ0) is 15.2. The fourth-order valence-corrected chi connectivity index (χ4v) is 3.30. The molecule has 0 aliphatic heterocycles. The van der Waals surface area contributed by atoms with Gasteiger partial charge in [-0.1, -0.05) is 36.5 Å². The minimum Gasteiger partial charge on any atom is -0.396 e. The molecular weight excluding hydrogens is 309 g/mol. The number of aromatic nitrogens is 1. The average molecular weight is 332 g/mol. The molecule has 0 spiro atoms. The van der Waals surface area contributed by atoms with Crippen molar-refractivity contribution in [1.29, 1.82) is 0 Å². The predicted octanol–water partition coefficient (Wildman–Crippen LogP) is 4.03. The Balaban J connectivity index is 2.01. The van der Waals surface area contributed by atoms with Gasteiger partial charge in [0, 0.05) is 19.7 Å². The van der Waals surface area contributed by atoms with Crippen LogP contribution in [0.4, 0.5) is 11.6 Å². The van der Waals surface area contributed by atoms with E-state index in [2.05, 4.69) is 22.5 Å². The van der Waals surface area contributed by atoms with Crippen molar-refractivity contribution < 1.29 is 5.11 Å². The van der Waals surface area contributed by atoms with Crippen LogP contribution in [0.5, 0.6) is 0 Å². The highest BCUT2D eigenvalue weighted by Gasteiger charge is 2.26. The van der Waals surface area contributed by atoms with Gasteiger partial charge in [0.25, 0.3) is 0 Å². The second kappa shape index (κ2) is 8.06. The quantitative estimate of drug-likeness (QED) is 0.706. The van der Waals surface area contributed by atoms with Gasteiger partial charge in [0.05, 0.1) is 10.0 Å². The zero-order valence-corrected chi connectivity index (χ0v) is 13.8. The van der Waals surface area contributed by atoms with Crippen LogP contribution in [0.2, 0.25) is 10.0 Å². The summed E-state index contributed by atoms with van der Waals surface area (Å²) in [5.41, 5.74) is 0. The van der Waals surface area contributed by atoms with Gasteiger partial charge in [-0.2, -0.15) is 0 Å². The van der Waals surface area contributed by atoms with Crippen molar-refractivity contribution in [3.8, 4) is 0 Å². The Morgan fingerprint density at radius 1 is 1.19 bits per heavy atom. The van der Waals surface area contributed by atoms with Gasteiger partial charge < -0.3 is 15.7 Å². The van der Waals surface area contributed by atoms with E-state index >= 15 is 0 Å². The van der Waals surface area contributed by atoms with Crippen LogP contribution in [0.1, 0.15) is 32.6 Å². The van der Waals surface area contributed by atoms with Crippen molar-refractivity contribution >= 4 is 34.8 Å².